The number of aromatic amines is 1. The summed E-state index contributed by atoms with van der Waals surface area (Å²) in [6.45, 7) is 11.2. The van der Waals surface area contributed by atoms with Crippen molar-refractivity contribution in [3.8, 4) is 5.75 Å². The van der Waals surface area contributed by atoms with Crippen LogP contribution in [0.3, 0.4) is 0 Å². The minimum atomic E-state index is -1.08. The topological polar surface area (TPSA) is 170 Å². The number of nitrogens with one attached hydrogen (secondary N) is 4. The molecule has 4 rings (SSSR count). The number of likely N-dealkylation sites (tertiary alicyclic amines) is 1. The van der Waals surface area contributed by atoms with Gasteiger partial charge < -0.3 is 35.7 Å². The van der Waals surface area contributed by atoms with Crippen LogP contribution in [0.1, 0.15) is 64.9 Å². The molecule has 2 aliphatic rings. The molecule has 0 radical (unpaired) electrons. The first kappa shape index (κ1) is 33.0. The molecule has 2 aliphatic heterocycles. The zero-order chi connectivity index (χ0) is 32.6. The van der Waals surface area contributed by atoms with Crippen molar-refractivity contribution >= 4 is 40.3 Å². The van der Waals surface area contributed by atoms with E-state index in [0.29, 0.717) is 24.2 Å². The van der Waals surface area contributed by atoms with E-state index in [9.17, 15) is 29.1 Å². The molecule has 0 saturated carbocycles. The van der Waals surface area contributed by atoms with Crippen LogP contribution in [0.2, 0.25) is 0 Å². The fourth-order valence-corrected chi connectivity index (χ4v) is 6.24. The van der Waals surface area contributed by atoms with Crippen molar-refractivity contribution in [3.63, 3.8) is 0 Å². The van der Waals surface area contributed by atoms with E-state index in [1.165, 1.54) is 4.90 Å². The third-order valence-electron chi connectivity index (χ3n) is 9.31. The van der Waals surface area contributed by atoms with E-state index in [4.69, 9.17) is 4.74 Å². The number of aromatic nitrogens is 1. The molecule has 3 heterocycles. The highest BCUT2D eigenvalue weighted by atomic mass is 16.5. The van der Waals surface area contributed by atoms with Crippen LogP contribution in [0.5, 0.6) is 5.75 Å². The first-order chi connectivity index (χ1) is 20.6. The van der Waals surface area contributed by atoms with Crippen LogP contribution in [0, 0.1) is 22.7 Å². The number of benzene rings is 1. The first-order valence-electron chi connectivity index (χ1n) is 15.1. The Hall–Kier alpha value is -3.93. The number of rotatable bonds is 10. The predicted molar refractivity (Wildman–Crippen MR) is 164 cm³/mol. The first-order valence-corrected chi connectivity index (χ1v) is 15.1. The zero-order valence-electron chi connectivity index (χ0n) is 26.6. The maximum Gasteiger partial charge on any atom is 0.268 e. The average Bonchev–Trinajstić information content (AvgIpc) is 3.65. The quantitative estimate of drug-likeness (QED) is 0.273. The Morgan fingerprint density at radius 3 is 2.48 bits per heavy atom. The Morgan fingerprint density at radius 1 is 1.18 bits per heavy atom. The smallest absolute Gasteiger partial charge is 0.268 e. The molecule has 12 heteroatoms. The normalized spacial score (nSPS) is 22.8. The number of hydrogen-bond donors (Lipinski definition) is 5. The van der Waals surface area contributed by atoms with Crippen molar-refractivity contribution in [2.75, 3.05) is 26.8 Å². The van der Waals surface area contributed by atoms with Gasteiger partial charge in [0.25, 0.3) is 5.91 Å². The Morgan fingerprint density at radius 2 is 1.89 bits per heavy atom. The molecule has 2 aromatic rings. The number of hydrogen-bond acceptors (Lipinski definition) is 7. The number of methoxy groups -OCH3 is 1. The number of Topliss-reactive ketones (excluding diaryl/α,β-unsaturated/α-hetero) is 1. The van der Waals surface area contributed by atoms with Crippen LogP contribution in [-0.2, 0) is 19.2 Å². The van der Waals surface area contributed by atoms with Gasteiger partial charge in [-0.05, 0) is 47.8 Å². The molecular formula is C32H45N5O7. The van der Waals surface area contributed by atoms with E-state index in [1.54, 1.807) is 19.2 Å². The fourth-order valence-electron chi connectivity index (χ4n) is 6.24. The minimum Gasteiger partial charge on any atom is -0.496 e. The zero-order valence-corrected chi connectivity index (χ0v) is 26.6. The second-order valence-corrected chi connectivity index (χ2v) is 13.7. The minimum absolute atomic E-state index is 0.0591. The number of H-pyrrole nitrogens is 1. The van der Waals surface area contributed by atoms with Crippen molar-refractivity contribution in [2.45, 2.75) is 72.5 Å². The molecule has 2 fully saturated rings. The van der Waals surface area contributed by atoms with Gasteiger partial charge in [0.15, 0.2) is 5.78 Å². The summed E-state index contributed by atoms with van der Waals surface area (Å²) in [5, 5.41) is 18.7. The Labute approximate surface area is 257 Å². The van der Waals surface area contributed by atoms with E-state index in [1.807, 2.05) is 53.7 Å². The lowest BCUT2D eigenvalue weighted by Gasteiger charge is -2.38. The number of carbonyl (C=O) groups is 5. The van der Waals surface area contributed by atoms with Gasteiger partial charge in [-0.1, -0.05) is 47.6 Å². The maximum absolute atomic E-state index is 14.3. The molecule has 44 heavy (non-hydrogen) atoms. The second kappa shape index (κ2) is 12.6. The Balaban J connectivity index is 1.60. The van der Waals surface area contributed by atoms with Crippen LogP contribution in [0.15, 0.2) is 24.3 Å². The van der Waals surface area contributed by atoms with Gasteiger partial charge in [0.2, 0.25) is 17.7 Å². The molecule has 1 aromatic heterocycles. The predicted octanol–water partition coefficient (Wildman–Crippen LogP) is 1.77. The van der Waals surface area contributed by atoms with Crippen molar-refractivity contribution in [1.82, 2.24) is 25.8 Å². The van der Waals surface area contributed by atoms with Crippen molar-refractivity contribution in [3.05, 3.63) is 30.0 Å². The summed E-state index contributed by atoms with van der Waals surface area (Å²) in [7, 11) is 1.55. The standard InChI is InChI=1S/C32H45N5O7/c1-17-15-37(26(32(17,5)6)29(42)35-21(23(39)16-38)13-18-11-12-33-27(18)40)30(43)25(31(2,3)4)36-28(41)22-14-19-20(34-22)9-8-10-24(19)44-7/h8-10,14,17-18,21,25-26,34,38H,11-13,15-16H2,1-7H3,(H,33,40)(H,35,42)(H,36,41)/t17-,18+,21+,25-,26-/m1/s1. The van der Waals surface area contributed by atoms with Crippen LogP contribution in [0.4, 0.5) is 0 Å². The van der Waals surface area contributed by atoms with Crippen LogP contribution in [0.25, 0.3) is 10.9 Å². The molecule has 0 spiro atoms. The third kappa shape index (κ3) is 6.45. The van der Waals surface area contributed by atoms with Crippen molar-refractivity contribution in [1.29, 1.82) is 0 Å². The Bertz CT molecular complexity index is 1440. The Kier molecular flexibility index (Phi) is 9.43. The van der Waals surface area contributed by atoms with Crippen LogP contribution >= 0.6 is 0 Å². The van der Waals surface area contributed by atoms with Gasteiger partial charge in [0.05, 0.1) is 13.2 Å². The average molecular weight is 612 g/mol. The van der Waals surface area contributed by atoms with Gasteiger partial charge >= 0.3 is 0 Å². The lowest BCUT2D eigenvalue weighted by atomic mass is 9.77. The van der Waals surface area contributed by atoms with Crippen molar-refractivity contribution < 1.29 is 33.8 Å². The molecule has 0 bridgehead atoms. The van der Waals surface area contributed by atoms with Crippen molar-refractivity contribution in [2.24, 2.45) is 22.7 Å². The largest absolute Gasteiger partial charge is 0.496 e. The molecule has 0 aliphatic carbocycles. The summed E-state index contributed by atoms with van der Waals surface area (Å²) in [5.74, 6) is -2.19. The second-order valence-electron chi connectivity index (χ2n) is 13.7. The van der Waals surface area contributed by atoms with E-state index in [-0.39, 0.29) is 30.5 Å². The highest BCUT2D eigenvalue weighted by molar-refractivity contribution is 6.02. The molecular weight excluding hydrogens is 566 g/mol. The summed E-state index contributed by atoms with van der Waals surface area (Å²) in [6, 6.07) is 4.07. The molecule has 240 valence electrons. The number of aliphatic hydroxyl groups excluding tert-OH is 1. The number of carbonyl (C=O) groups excluding carboxylic acids is 5. The molecule has 1 aromatic carbocycles. The lowest BCUT2D eigenvalue weighted by molar-refractivity contribution is -0.144. The molecule has 0 unspecified atom stereocenters. The SMILES string of the molecule is COc1cccc2[nH]c(C(=O)N[C@H](C(=O)N3C[C@@H](C)C(C)(C)[C@H]3C(=O)N[C@@H](C[C@@H]3CCNC3=O)C(=O)CO)C(C)(C)C)cc12. The molecule has 12 nitrogen and oxygen atoms in total. The van der Waals surface area contributed by atoms with Gasteiger partial charge in [-0.3, -0.25) is 24.0 Å². The number of nitrogens with zero attached hydrogens (tertiary/aromatic N) is 1. The van der Waals surface area contributed by atoms with Gasteiger partial charge in [-0.15, -0.1) is 0 Å². The number of ketones is 1. The molecule has 4 amide bonds. The highest BCUT2D eigenvalue weighted by Crippen LogP contribution is 2.42. The summed E-state index contributed by atoms with van der Waals surface area (Å²) in [6.07, 6.45) is 0.584. The molecule has 2 saturated heterocycles. The summed E-state index contributed by atoms with van der Waals surface area (Å²) >= 11 is 0. The molecule has 5 N–H and O–H groups in total. The third-order valence-corrected chi connectivity index (χ3v) is 9.31. The van der Waals surface area contributed by atoms with Gasteiger partial charge in [-0.2, -0.15) is 0 Å². The summed E-state index contributed by atoms with van der Waals surface area (Å²) in [4.78, 5) is 71.2. The van der Waals surface area contributed by atoms with Gasteiger partial charge in [0.1, 0.15) is 30.1 Å². The fraction of sp³-hybridized carbons (Fsp3) is 0.594. The van der Waals surface area contributed by atoms with Gasteiger partial charge in [0, 0.05) is 29.9 Å². The van der Waals surface area contributed by atoms with E-state index in [0.717, 1.165) is 5.39 Å². The number of ether oxygens (including phenoxy) is 1. The van der Waals surface area contributed by atoms with E-state index >= 15 is 0 Å². The number of fused-ring (bicyclic) bond motifs is 1. The maximum atomic E-state index is 14.3. The van der Waals surface area contributed by atoms with Gasteiger partial charge in [-0.25, -0.2) is 0 Å². The lowest BCUT2D eigenvalue weighted by Crippen LogP contribution is -2.60. The summed E-state index contributed by atoms with van der Waals surface area (Å²) < 4.78 is 5.41. The summed E-state index contributed by atoms with van der Waals surface area (Å²) in [5.41, 5.74) is -0.435. The van der Waals surface area contributed by atoms with E-state index in [2.05, 4.69) is 20.9 Å². The monoisotopic (exact) mass is 611 g/mol. The highest BCUT2D eigenvalue weighted by Gasteiger charge is 2.54. The molecule has 5 atom stereocenters. The number of aliphatic hydroxyl groups is 1. The van der Waals surface area contributed by atoms with Crippen LogP contribution < -0.4 is 20.7 Å². The number of amides is 4. The van der Waals surface area contributed by atoms with Crippen LogP contribution in [-0.4, -0.2) is 89.3 Å². The van der Waals surface area contributed by atoms with E-state index < -0.39 is 65.0 Å².